The van der Waals surface area contributed by atoms with Crippen LogP contribution in [-0.2, 0) is 19.5 Å². The van der Waals surface area contributed by atoms with Crippen LogP contribution in [0.25, 0.3) is 11.4 Å². The molecule has 0 bridgehead atoms. The fraction of sp³-hybridized carbons (Fsp3) is 0.200. The first kappa shape index (κ1) is 17.1. The third kappa shape index (κ3) is 3.24. The molecule has 1 aromatic heterocycles. The van der Waals surface area contributed by atoms with Gasteiger partial charge < -0.3 is 20.3 Å². The average Bonchev–Trinajstić information content (AvgIpc) is 2.69. The van der Waals surface area contributed by atoms with Crippen molar-refractivity contribution < 1.29 is 15.3 Å². The predicted molar refractivity (Wildman–Crippen MR) is 99.5 cm³/mol. The van der Waals surface area contributed by atoms with Crippen LogP contribution in [-0.4, -0.2) is 36.7 Å². The lowest BCUT2D eigenvalue weighted by atomic mass is 10.0. The van der Waals surface area contributed by atoms with E-state index >= 15 is 0 Å². The van der Waals surface area contributed by atoms with Gasteiger partial charge in [0.1, 0.15) is 5.82 Å². The summed E-state index contributed by atoms with van der Waals surface area (Å²) in [7, 11) is 0. The van der Waals surface area contributed by atoms with Gasteiger partial charge in [-0.1, -0.05) is 36.4 Å². The summed E-state index contributed by atoms with van der Waals surface area (Å²) in [5, 5.41) is 29.2. The van der Waals surface area contributed by atoms with Gasteiger partial charge in [0.15, 0.2) is 11.5 Å². The highest BCUT2D eigenvalue weighted by Crippen LogP contribution is 2.37. The second-order valence-electron chi connectivity index (χ2n) is 6.61. The summed E-state index contributed by atoms with van der Waals surface area (Å²) < 4.78 is 0. The maximum absolute atomic E-state index is 12.4. The van der Waals surface area contributed by atoms with Gasteiger partial charge in [-0.25, -0.2) is 4.98 Å². The van der Waals surface area contributed by atoms with Crippen LogP contribution in [0.15, 0.2) is 47.3 Å². The molecular formula is C20H19N3O4. The van der Waals surface area contributed by atoms with Crippen LogP contribution in [0.4, 0.5) is 0 Å². The summed E-state index contributed by atoms with van der Waals surface area (Å²) in [6.07, 6.45) is 0.553. The van der Waals surface area contributed by atoms with Crippen LogP contribution in [0, 0.1) is 0 Å². The Kier molecular flexibility index (Phi) is 4.29. The van der Waals surface area contributed by atoms with Crippen molar-refractivity contribution in [2.75, 3.05) is 6.54 Å². The number of phenols is 3. The minimum absolute atomic E-state index is 0.122. The number of nitrogens with one attached hydrogen (secondary N) is 1. The zero-order valence-corrected chi connectivity index (χ0v) is 14.5. The number of phenolic OH excluding ortho intramolecular Hbond substituents is 3. The highest BCUT2D eigenvalue weighted by atomic mass is 16.3. The van der Waals surface area contributed by atoms with Gasteiger partial charge in [0.25, 0.3) is 5.56 Å². The Balaban J connectivity index is 1.62. The van der Waals surface area contributed by atoms with Crippen LogP contribution in [0.5, 0.6) is 17.2 Å². The lowest BCUT2D eigenvalue weighted by molar-refractivity contribution is 0.236. The van der Waals surface area contributed by atoms with E-state index in [4.69, 9.17) is 0 Å². The molecule has 3 aromatic rings. The molecule has 27 heavy (non-hydrogen) atoms. The van der Waals surface area contributed by atoms with E-state index in [1.165, 1.54) is 6.07 Å². The minimum atomic E-state index is -0.522. The number of rotatable bonds is 3. The topological polar surface area (TPSA) is 110 Å². The number of benzene rings is 2. The first-order valence-corrected chi connectivity index (χ1v) is 8.65. The van der Waals surface area contributed by atoms with Crippen molar-refractivity contribution in [3.63, 3.8) is 0 Å². The number of nitrogens with zero attached hydrogens (tertiary/aromatic N) is 2. The van der Waals surface area contributed by atoms with Gasteiger partial charge in [-0.15, -0.1) is 0 Å². The van der Waals surface area contributed by atoms with Crippen molar-refractivity contribution in [1.29, 1.82) is 0 Å². The molecule has 0 fully saturated rings. The number of aromatic hydroxyl groups is 3. The summed E-state index contributed by atoms with van der Waals surface area (Å²) in [6.45, 7) is 1.46. The zero-order chi connectivity index (χ0) is 19.0. The quantitative estimate of drug-likeness (QED) is 0.529. The van der Waals surface area contributed by atoms with Crippen molar-refractivity contribution in [3.8, 4) is 28.6 Å². The minimum Gasteiger partial charge on any atom is -0.504 e. The van der Waals surface area contributed by atoms with Crippen molar-refractivity contribution >= 4 is 0 Å². The Hall–Kier alpha value is -3.32. The molecule has 0 aliphatic carbocycles. The molecule has 7 heteroatoms. The first-order valence-electron chi connectivity index (χ1n) is 8.65. The Labute approximate surface area is 155 Å². The number of H-pyrrole nitrogens is 1. The van der Waals surface area contributed by atoms with Gasteiger partial charge in [-0.05, 0) is 12.5 Å². The Morgan fingerprint density at radius 3 is 2.59 bits per heavy atom. The second-order valence-corrected chi connectivity index (χ2v) is 6.61. The normalized spacial score (nSPS) is 14.1. The van der Waals surface area contributed by atoms with Gasteiger partial charge in [0.2, 0.25) is 5.75 Å². The fourth-order valence-electron chi connectivity index (χ4n) is 3.34. The van der Waals surface area contributed by atoms with E-state index in [9.17, 15) is 20.1 Å². The number of fused-ring (bicyclic) bond motifs is 1. The smallest absolute Gasteiger partial charge is 0.254 e. The summed E-state index contributed by atoms with van der Waals surface area (Å²) in [5.74, 6) is -0.678. The molecule has 2 heterocycles. The molecule has 0 unspecified atom stereocenters. The maximum Gasteiger partial charge on any atom is 0.254 e. The zero-order valence-electron chi connectivity index (χ0n) is 14.5. The SMILES string of the molecule is O=c1[nH]c(-c2ccccc2)nc2c1CCN(Cc1ccc(O)c(O)c1O)C2. The van der Waals surface area contributed by atoms with E-state index in [1.807, 2.05) is 35.2 Å². The molecule has 0 saturated heterocycles. The third-order valence-corrected chi connectivity index (χ3v) is 4.81. The van der Waals surface area contributed by atoms with E-state index < -0.39 is 5.75 Å². The van der Waals surface area contributed by atoms with Gasteiger partial charge in [0, 0.05) is 36.3 Å². The van der Waals surface area contributed by atoms with Gasteiger partial charge in [-0.3, -0.25) is 9.69 Å². The van der Waals surface area contributed by atoms with Gasteiger partial charge in [-0.2, -0.15) is 0 Å². The van der Waals surface area contributed by atoms with Crippen LogP contribution in [0.1, 0.15) is 16.8 Å². The molecular weight excluding hydrogens is 346 g/mol. The molecule has 138 valence electrons. The number of hydrogen-bond acceptors (Lipinski definition) is 6. The molecule has 4 rings (SSSR count). The molecule has 0 saturated carbocycles. The molecule has 0 atom stereocenters. The van der Waals surface area contributed by atoms with E-state index in [1.54, 1.807) is 6.07 Å². The predicted octanol–water partition coefficient (Wildman–Crippen LogP) is 2.11. The molecule has 4 N–H and O–H groups in total. The van der Waals surface area contributed by atoms with E-state index in [0.29, 0.717) is 48.7 Å². The average molecular weight is 365 g/mol. The molecule has 0 spiro atoms. The molecule has 0 amide bonds. The van der Waals surface area contributed by atoms with Crippen LogP contribution in [0.3, 0.4) is 0 Å². The lowest BCUT2D eigenvalue weighted by Gasteiger charge is -2.28. The highest BCUT2D eigenvalue weighted by Gasteiger charge is 2.23. The molecule has 0 radical (unpaired) electrons. The Morgan fingerprint density at radius 1 is 1.04 bits per heavy atom. The van der Waals surface area contributed by atoms with E-state index in [2.05, 4.69) is 9.97 Å². The number of hydrogen-bond donors (Lipinski definition) is 4. The van der Waals surface area contributed by atoms with Crippen molar-refractivity contribution in [2.45, 2.75) is 19.5 Å². The summed E-state index contributed by atoms with van der Waals surface area (Å²) in [5.41, 5.74) is 2.62. The van der Waals surface area contributed by atoms with Crippen LogP contribution >= 0.6 is 0 Å². The highest BCUT2D eigenvalue weighted by molar-refractivity contribution is 5.55. The van der Waals surface area contributed by atoms with Crippen molar-refractivity contribution in [1.82, 2.24) is 14.9 Å². The largest absolute Gasteiger partial charge is 0.504 e. The van der Waals surface area contributed by atoms with E-state index in [0.717, 1.165) is 5.56 Å². The van der Waals surface area contributed by atoms with Crippen LogP contribution < -0.4 is 5.56 Å². The monoisotopic (exact) mass is 365 g/mol. The summed E-state index contributed by atoms with van der Waals surface area (Å²) in [4.78, 5) is 22.0. The van der Waals surface area contributed by atoms with Crippen molar-refractivity contribution in [2.24, 2.45) is 0 Å². The first-order chi connectivity index (χ1) is 13.0. The Bertz CT molecular complexity index is 1050. The number of aromatic amines is 1. The second kappa shape index (κ2) is 6.77. The standard InChI is InChI=1S/C20H19N3O4/c24-16-7-6-13(17(25)18(16)26)10-23-9-8-14-15(11-23)21-19(22-20(14)27)12-4-2-1-3-5-12/h1-7,24-26H,8-11H2,(H,21,22,27). The number of aromatic nitrogens is 2. The van der Waals surface area contributed by atoms with Gasteiger partial charge >= 0.3 is 0 Å². The maximum atomic E-state index is 12.4. The fourth-order valence-corrected chi connectivity index (χ4v) is 3.34. The Morgan fingerprint density at radius 2 is 1.81 bits per heavy atom. The molecule has 7 nitrogen and oxygen atoms in total. The lowest BCUT2D eigenvalue weighted by Crippen LogP contribution is -2.35. The third-order valence-electron chi connectivity index (χ3n) is 4.81. The summed E-state index contributed by atoms with van der Waals surface area (Å²) >= 11 is 0. The van der Waals surface area contributed by atoms with E-state index in [-0.39, 0.29) is 17.1 Å². The molecule has 2 aromatic carbocycles. The molecule has 1 aliphatic heterocycles. The molecule has 1 aliphatic rings. The van der Waals surface area contributed by atoms with Crippen molar-refractivity contribution in [3.05, 3.63) is 69.6 Å². The summed E-state index contributed by atoms with van der Waals surface area (Å²) in [6, 6.07) is 12.4. The van der Waals surface area contributed by atoms with Crippen LogP contribution in [0.2, 0.25) is 0 Å². The van der Waals surface area contributed by atoms with Gasteiger partial charge in [0.05, 0.1) is 5.69 Å².